The van der Waals surface area contributed by atoms with Crippen LogP contribution in [0.15, 0.2) is 30.3 Å². The van der Waals surface area contributed by atoms with Gasteiger partial charge in [0.05, 0.1) is 11.7 Å². The Balaban J connectivity index is 2.22. The zero-order valence-corrected chi connectivity index (χ0v) is 13.2. The van der Waals surface area contributed by atoms with Crippen molar-refractivity contribution in [1.29, 1.82) is 0 Å². The molecule has 1 fully saturated rings. The lowest BCUT2D eigenvalue weighted by Crippen LogP contribution is -2.54. The van der Waals surface area contributed by atoms with Gasteiger partial charge in [0, 0.05) is 24.6 Å². The van der Waals surface area contributed by atoms with Gasteiger partial charge in [0.2, 0.25) is 0 Å². The standard InChI is InChI=1S/C15H19N3O3S/c1-12(11-19)16-14(20)18(13-5-3-2-4-6-13)15(21)17-7-9-22-10-8-17/h2-6,11-12H,7-10H2,1H3,(H,16,20). The number of urea groups is 2. The Kier molecular flexibility index (Phi) is 5.83. The summed E-state index contributed by atoms with van der Waals surface area (Å²) >= 11 is 1.79. The molecule has 1 unspecified atom stereocenters. The molecule has 1 aliphatic heterocycles. The quantitative estimate of drug-likeness (QED) is 0.864. The highest BCUT2D eigenvalue weighted by Crippen LogP contribution is 2.18. The molecule has 1 aromatic carbocycles. The topological polar surface area (TPSA) is 69.7 Å². The zero-order chi connectivity index (χ0) is 15.9. The minimum Gasteiger partial charge on any atom is -0.328 e. The van der Waals surface area contributed by atoms with Crippen LogP contribution in [0.1, 0.15) is 6.92 Å². The summed E-state index contributed by atoms with van der Waals surface area (Å²) in [6.07, 6.45) is 0.628. The number of anilines is 1. The number of imide groups is 1. The molecule has 0 aliphatic carbocycles. The van der Waals surface area contributed by atoms with Gasteiger partial charge in [-0.05, 0) is 19.1 Å². The van der Waals surface area contributed by atoms with Crippen molar-refractivity contribution in [2.45, 2.75) is 13.0 Å². The van der Waals surface area contributed by atoms with Gasteiger partial charge in [-0.25, -0.2) is 14.5 Å². The van der Waals surface area contributed by atoms with Gasteiger partial charge in [-0.15, -0.1) is 0 Å². The Bertz CT molecular complexity index is 532. The number of hydrogen-bond donors (Lipinski definition) is 1. The first-order valence-corrected chi connectivity index (χ1v) is 8.26. The maximum Gasteiger partial charge on any atom is 0.332 e. The fourth-order valence-electron chi connectivity index (χ4n) is 2.08. The second kappa shape index (κ2) is 7.84. The molecule has 22 heavy (non-hydrogen) atoms. The van der Waals surface area contributed by atoms with E-state index in [2.05, 4.69) is 5.32 Å². The van der Waals surface area contributed by atoms with Crippen molar-refractivity contribution in [3.05, 3.63) is 30.3 Å². The van der Waals surface area contributed by atoms with Crippen LogP contribution in [0.2, 0.25) is 0 Å². The molecule has 0 spiro atoms. The van der Waals surface area contributed by atoms with E-state index in [1.165, 1.54) is 0 Å². The third-order valence-electron chi connectivity index (χ3n) is 3.25. The summed E-state index contributed by atoms with van der Waals surface area (Å²) in [5.74, 6) is 1.72. The fraction of sp³-hybridized carbons (Fsp3) is 0.400. The summed E-state index contributed by atoms with van der Waals surface area (Å²) < 4.78 is 0. The number of nitrogens with zero attached hydrogens (tertiary/aromatic N) is 2. The van der Waals surface area contributed by atoms with Gasteiger partial charge < -0.3 is 15.0 Å². The van der Waals surface area contributed by atoms with Crippen LogP contribution in [-0.4, -0.2) is 53.9 Å². The monoisotopic (exact) mass is 321 g/mol. The molecule has 1 aromatic rings. The van der Waals surface area contributed by atoms with Crippen LogP contribution >= 0.6 is 11.8 Å². The third kappa shape index (κ3) is 4.00. The number of benzene rings is 1. The van der Waals surface area contributed by atoms with E-state index in [1.807, 2.05) is 6.07 Å². The molecule has 4 amide bonds. The first-order chi connectivity index (χ1) is 10.6. The molecule has 1 heterocycles. The van der Waals surface area contributed by atoms with Crippen molar-refractivity contribution in [2.24, 2.45) is 0 Å². The highest BCUT2D eigenvalue weighted by molar-refractivity contribution is 7.99. The van der Waals surface area contributed by atoms with Gasteiger partial charge in [0.15, 0.2) is 0 Å². The van der Waals surface area contributed by atoms with Crippen molar-refractivity contribution in [3.8, 4) is 0 Å². The predicted molar refractivity (Wildman–Crippen MR) is 87.3 cm³/mol. The van der Waals surface area contributed by atoms with Gasteiger partial charge in [-0.2, -0.15) is 11.8 Å². The molecule has 0 saturated carbocycles. The summed E-state index contributed by atoms with van der Waals surface area (Å²) in [6.45, 7) is 2.79. The largest absolute Gasteiger partial charge is 0.332 e. The van der Waals surface area contributed by atoms with E-state index in [4.69, 9.17) is 0 Å². The molecular weight excluding hydrogens is 302 g/mol. The fourth-order valence-corrected chi connectivity index (χ4v) is 2.98. The van der Waals surface area contributed by atoms with Crippen molar-refractivity contribution >= 4 is 35.8 Å². The summed E-state index contributed by atoms with van der Waals surface area (Å²) in [5, 5.41) is 2.51. The third-order valence-corrected chi connectivity index (χ3v) is 4.19. The maximum atomic E-state index is 12.7. The van der Waals surface area contributed by atoms with Gasteiger partial charge in [0.1, 0.15) is 6.29 Å². The van der Waals surface area contributed by atoms with Crippen LogP contribution in [0.5, 0.6) is 0 Å². The van der Waals surface area contributed by atoms with Crippen LogP contribution in [0.3, 0.4) is 0 Å². The van der Waals surface area contributed by atoms with E-state index in [0.717, 1.165) is 16.4 Å². The number of hydrogen-bond acceptors (Lipinski definition) is 4. The van der Waals surface area contributed by atoms with E-state index in [-0.39, 0.29) is 6.03 Å². The lowest BCUT2D eigenvalue weighted by molar-refractivity contribution is -0.109. The summed E-state index contributed by atoms with van der Waals surface area (Å²) in [5.41, 5.74) is 0.487. The first-order valence-electron chi connectivity index (χ1n) is 7.11. The molecule has 6 nitrogen and oxygen atoms in total. The predicted octanol–water partition coefficient (Wildman–Crippen LogP) is 1.96. The van der Waals surface area contributed by atoms with E-state index in [0.29, 0.717) is 25.1 Å². The van der Waals surface area contributed by atoms with E-state index in [1.54, 1.807) is 47.9 Å². The summed E-state index contributed by atoms with van der Waals surface area (Å²) in [7, 11) is 0. The molecule has 1 atom stereocenters. The number of thioether (sulfide) groups is 1. The normalized spacial score (nSPS) is 15.8. The molecule has 1 N–H and O–H groups in total. The summed E-state index contributed by atoms with van der Waals surface area (Å²) in [6, 6.07) is 7.13. The highest BCUT2D eigenvalue weighted by atomic mass is 32.2. The van der Waals surface area contributed by atoms with E-state index in [9.17, 15) is 14.4 Å². The average Bonchev–Trinajstić information content (AvgIpc) is 2.56. The Labute approximate surface area is 133 Å². The molecule has 1 saturated heterocycles. The van der Waals surface area contributed by atoms with Crippen molar-refractivity contribution < 1.29 is 14.4 Å². The van der Waals surface area contributed by atoms with Crippen LogP contribution in [0.25, 0.3) is 0 Å². The average molecular weight is 321 g/mol. The molecule has 0 aromatic heterocycles. The number of nitrogens with one attached hydrogen (secondary N) is 1. The Morgan fingerprint density at radius 2 is 1.91 bits per heavy atom. The van der Waals surface area contributed by atoms with E-state index >= 15 is 0 Å². The van der Waals surface area contributed by atoms with Gasteiger partial charge in [0.25, 0.3) is 0 Å². The maximum absolute atomic E-state index is 12.7. The highest BCUT2D eigenvalue weighted by Gasteiger charge is 2.29. The number of rotatable bonds is 3. The van der Waals surface area contributed by atoms with Crippen LogP contribution in [0, 0.1) is 0 Å². The summed E-state index contributed by atoms with van der Waals surface area (Å²) in [4.78, 5) is 38.6. The van der Waals surface area contributed by atoms with E-state index < -0.39 is 12.1 Å². The number of aldehydes is 1. The number of carbonyl (C=O) groups is 3. The number of para-hydroxylation sites is 1. The molecule has 2 rings (SSSR count). The molecule has 1 aliphatic rings. The molecule has 0 radical (unpaired) electrons. The van der Waals surface area contributed by atoms with Gasteiger partial charge in [-0.3, -0.25) is 0 Å². The lowest BCUT2D eigenvalue weighted by atomic mass is 10.3. The van der Waals surface area contributed by atoms with Crippen LogP contribution in [-0.2, 0) is 4.79 Å². The van der Waals surface area contributed by atoms with Crippen molar-refractivity contribution in [2.75, 3.05) is 29.5 Å². The minimum atomic E-state index is -0.650. The van der Waals surface area contributed by atoms with Crippen molar-refractivity contribution in [3.63, 3.8) is 0 Å². The molecule has 7 heteroatoms. The Morgan fingerprint density at radius 3 is 2.50 bits per heavy atom. The van der Waals surface area contributed by atoms with Gasteiger partial charge >= 0.3 is 12.1 Å². The SMILES string of the molecule is CC(C=O)NC(=O)N(C(=O)N1CCSCC1)c1ccccc1. The number of amides is 4. The molecule has 0 bridgehead atoms. The van der Waals surface area contributed by atoms with Crippen LogP contribution in [0.4, 0.5) is 15.3 Å². The smallest absolute Gasteiger partial charge is 0.328 e. The molecular formula is C15H19N3O3S. The second-order valence-corrected chi connectivity index (χ2v) is 6.15. The first kappa shape index (κ1) is 16.4. The Morgan fingerprint density at radius 1 is 1.27 bits per heavy atom. The zero-order valence-electron chi connectivity index (χ0n) is 12.4. The Hall–Kier alpha value is -2.02. The number of carbonyl (C=O) groups excluding carboxylic acids is 3. The minimum absolute atomic E-state index is 0.359. The molecule has 118 valence electrons. The lowest BCUT2D eigenvalue weighted by Gasteiger charge is -2.32. The van der Waals surface area contributed by atoms with Crippen molar-refractivity contribution in [1.82, 2.24) is 10.2 Å². The van der Waals surface area contributed by atoms with Crippen LogP contribution < -0.4 is 10.2 Å². The second-order valence-electron chi connectivity index (χ2n) is 4.93. The van der Waals surface area contributed by atoms with Gasteiger partial charge in [-0.1, -0.05) is 18.2 Å².